The zero-order valence-corrected chi connectivity index (χ0v) is 24.1. The van der Waals surface area contributed by atoms with Gasteiger partial charge in [-0.15, -0.1) is 0 Å². The van der Waals surface area contributed by atoms with Gasteiger partial charge < -0.3 is 14.0 Å². The molecule has 3 aliphatic carbocycles. The van der Waals surface area contributed by atoms with Crippen LogP contribution in [0.4, 0.5) is 0 Å². The summed E-state index contributed by atoms with van der Waals surface area (Å²) >= 11 is 0. The van der Waals surface area contributed by atoms with E-state index in [4.69, 9.17) is 14.0 Å². The van der Waals surface area contributed by atoms with Gasteiger partial charge in [0.1, 0.15) is 0 Å². The standard InChI is InChI=1S/C30H57BO3/c1-19(2)25-13-10-22(7)16-28(25)32-31(33-29-17-23(8)11-14-26(29)20(3)4)34-30-18-24(9)12-15-27(30)21(5)6/h19-30H,10-18H2,1-9H3/t22-,23-,24+,25+,26+,27-,28-,29-,30+/m0/s1. The first kappa shape index (κ1) is 28.5. The van der Waals surface area contributed by atoms with E-state index < -0.39 is 7.32 Å². The lowest BCUT2D eigenvalue weighted by molar-refractivity contribution is -0.0763. The van der Waals surface area contributed by atoms with Crippen LogP contribution in [-0.4, -0.2) is 25.6 Å². The third-order valence-corrected chi connectivity index (χ3v) is 9.74. The van der Waals surface area contributed by atoms with Gasteiger partial charge in [-0.3, -0.25) is 0 Å². The van der Waals surface area contributed by atoms with Gasteiger partial charge in [0.15, 0.2) is 0 Å². The average molecular weight is 477 g/mol. The highest BCUT2D eigenvalue weighted by molar-refractivity contribution is 6.36. The lowest BCUT2D eigenvalue weighted by atomic mass is 9.74. The molecule has 0 heterocycles. The molecule has 4 heteroatoms. The minimum Gasteiger partial charge on any atom is -0.383 e. The van der Waals surface area contributed by atoms with Crippen molar-refractivity contribution in [3.8, 4) is 0 Å². The van der Waals surface area contributed by atoms with E-state index in [9.17, 15) is 0 Å². The van der Waals surface area contributed by atoms with Crippen LogP contribution in [0.5, 0.6) is 0 Å². The second kappa shape index (κ2) is 13.0. The van der Waals surface area contributed by atoms with Gasteiger partial charge in [0.25, 0.3) is 0 Å². The first-order chi connectivity index (χ1) is 16.0. The number of rotatable bonds is 9. The quantitative estimate of drug-likeness (QED) is 0.313. The van der Waals surface area contributed by atoms with Gasteiger partial charge in [-0.1, -0.05) is 81.6 Å². The molecular formula is C30H57BO3. The molecule has 34 heavy (non-hydrogen) atoms. The largest absolute Gasteiger partial charge is 0.640 e. The van der Waals surface area contributed by atoms with E-state index in [2.05, 4.69) is 62.3 Å². The van der Waals surface area contributed by atoms with E-state index in [0.29, 0.717) is 35.5 Å². The zero-order valence-electron chi connectivity index (χ0n) is 24.1. The summed E-state index contributed by atoms with van der Waals surface area (Å²) in [6.45, 7) is 21.3. The summed E-state index contributed by atoms with van der Waals surface area (Å²) in [5.74, 6) is 5.86. The smallest absolute Gasteiger partial charge is 0.383 e. The molecule has 0 aliphatic heterocycles. The number of hydrogen-bond donors (Lipinski definition) is 0. The minimum absolute atomic E-state index is 0.241. The van der Waals surface area contributed by atoms with Crippen LogP contribution >= 0.6 is 0 Å². The highest BCUT2D eigenvalue weighted by atomic mass is 16.7. The molecule has 0 aromatic carbocycles. The Morgan fingerprint density at radius 1 is 0.471 bits per heavy atom. The molecule has 9 atom stereocenters. The molecule has 0 N–H and O–H groups in total. The van der Waals surface area contributed by atoms with Crippen molar-refractivity contribution in [2.75, 3.05) is 0 Å². The fourth-order valence-corrected chi connectivity index (χ4v) is 7.34. The van der Waals surface area contributed by atoms with Crippen molar-refractivity contribution < 1.29 is 14.0 Å². The Morgan fingerprint density at radius 2 is 0.735 bits per heavy atom. The monoisotopic (exact) mass is 476 g/mol. The first-order valence-electron chi connectivity index (χ1n) is 15.0. The van der Waals surface area contributed by atoms with Crippen molar-refractivity contribution in [2.24, 2.45) is 53.3 Å². The maximum Gasteiger partial charge on any atom is 0.640 e. The summed E-state index contributed by atoms with van der Waals surface area (Å²) in [6.07, 6.45) is 11.9. The van der Waals surface area contributed by atoms with Gasteiger partial charge in [0.2, 0.25) is 0 Å². The van der Waals surface area contributed by atoms with Crippen LogP contribution in [-0.2, 0) is 14.0 Å². The normalized spacial score (nSPS) is 39.7. The molecule has 0 saturated heterocycles. The predicted molar refractivity (Wildman–Crippen MR) is 144 cm³/mol. The molecule has 3 fully saturated rings. The van der Waals surface area contributed by atoms with E-state index in [1.807, 2.05) is 0 Å². The van der Waals surface area contributed by atoms with Crippen LogP contribution in [0.15, 0.2) is 0 Å². The molecule has 3 rings (SSSR count). The highest BCUT2D eigenvalue weighted by Crippen LogP contribution is 2.40. The fraction of sp³-hybridized carbons (Fsp3) is 1.00. The second-order valence-electron chi connectivity index (χ2n) is 13.8. The second-order valence-corrected chi connectivity index (χ2v) is 13.8. The molecule has 0 aromatic heterocycles. The van der Waals surface area contributed by atoms with Crippen LogP contribution in [0, 0.1) is 53.3 Å². The molecular weight excluding hydrogens is 419 g/mol. The summed E-state index contributed by atoms with van der Waals surface area (Å²) in [6, 6.07) is 0. The van der Waals surface area contributed by atoms with E-state index in [1.54, 1.807) is 0 Å². The van der Waals surface area contributed by atoms with E-state index >= 15 is 0 Å². The van der Waals surface area contributed by atoms with Crippen molar-refractivity contribution in [1.82, 2.24) is 0 Å². The van der Waals surface area contributed by atoms with E-state index in [1.165, 1.54) is 38.5 Å². The topological polar surface area (TPSA) is 27.7 Å². The Labute approximate surface area is 213 Å². The van der Waals surface area contributed by atoms with Gasteiger partial charge in [-0.05, 0) is 91.8 Å². The molecule has 198 valence electrons. The third-order valence-electron chi connectivity index (χ3n) is 9.74. The third kappa shape index (κ3) is 7.72. The molecule has 3 nitrogen and oxygen atoms in total. The molecule has 0 bridgehead atoms. The van der Waals surface area contributed by atoms with Crippen LogP contribution in [0.2, 0.25) is 0 Å². The molecule has 0 unspecified atom stereocenters. The summed E-state index contributed by atoms with van der Waals surface area (Å²) in [7, 11) is -0.523. The van der Waals surface area contributed by atoms with Crippen LogP contribution in [0.25, 0.3) is 0 Å². The van der Waals surface area contributed by atoms with Gasteiger partial charge in [-0.25, -0.2) is 0 Å². The molecule has 0 spiro atoms. The fourth-order valence-electron chi connectivity index (χ4n) is 7.34. The molecule has 0 radical (unpaired) electrons. The molecule has 3 saturated carbocycles. The SMILES string of the molecule is CC(C)[C@H]1CC[C@H](C)C[C@@H]1OB(O[C@H]1C[C@@H](C)CC[C@@H]1C(C)C)O[C@@H]1C[C@H](C)CC[C@H]1C(C)C. The van der Waals surface area contributed by atoms with Crippen molar-refractivity contribution in [3.63, 3.8) is 0 Å². The van der Waals surface area contributed by atoms with Crippen molar-refractivity contribution in [3.05, 3.63) is 0 Å². The lowest BCUT2D eigenvalue weighted by Crippen LogP contribution is -2.48. The average Bonchev–Trinajstić information content (AvgIpc) is 2.73. The molecule has 0 aromatic rings. The van der Waals surface area contributed by atoms with Crippen molar-refractivity contribution >= 4 is 7.32 Å². The summed E-state index contributed by atoms with van der Waals surface area (Å²) in [5.41, 5.74) is 0. The molecule has 3 aliphatic rings. The van der Waals surface area contributed by atoms with Crippen molar-refractivity contribution in [1.29, 1.82) is 0 Å². The lowest BCUT2D eigenvalue weighted by Gasteiger charge is -2.43. The Balaban J connectivity index is 1.81. The summed E-state index contributed by atoms with van der Waals surface area (Å²) in [4.78, 5) is 0. The summed E-state index contributed by atoms with van der Waals surface area (Å²) in [5, 5.41) is 0. The van der Waals surface area contributed by atoms with E-state index in [0.717, 1.165) is 37.0 Å². The first-order valence-corrected chi connectivity index (χ1v) is 15.0. The van der Waals surface area contributed by atoms with Crippen LogP contribution in [0.1, 0.15) is 120 Å². The van der Waals surface area contributed by atoms with Gasteiger partial charge >= 0.3 is 7.32 Å². The van der Waals surface area contributed by atoms with Crippen LogP contribution in [0.3, 0.4) is 0 Å². The van der Waals surface area contributed by atoms with Gasteiger partial charge in [-0.2, -0.15) is 0 Å². The van der Waals surface area contributed by atoms with Crippen LogP contribution < -0.4 is 0 Å². The maximum atomic E-state index is 6.92. The highest BCUT2D eigenvalue weighted by Gasteiger charge is 2.43. The van der Waals surface area contributed by atoms with Gasteiger partial charge in [0, 0.05) is 18.3 Å². The Kier molecular flexibility index (Phi) is 10.9. The Hall–Kier alpha value is -0.0551. The maximum absolute atomic E-state index is 6.92. The Bertz CT molecular complexity index is 513. The van der Waals surface area contributed by atoms with Crippen molar-refractivity contribution in [2.45, 2.75) is 138 Å². The predicted octanol–water partition coefficient (Wildman–Crippen LogP) is 8.40. The molecule has 0 amide bonds. The minimum atomic E-state index is -0.523. The van der Waals surface area contributed by atoms with E-state index in [-0.39, 0.29) is 18.3 Å². The Morgan fingerprint density at radius 3 is 0.971 bits per heavy atom. The number of hydrogen-bond acceptors (Lipinski definition) is 3. The summed E-state index contributed by atoms with van der Waals surface area (Å²) < 4.78 is 20.8. The van der Waals surface area contributed by atoms with Gasteiger partial charge in [0.05, 0.1) is 0 Å². The zero-order chi connectivity index (χ0) is 25.0.